The molecule has 1 aliphatic carbocycles. The van der Waals surface area contributed by atoms with Crippen LogP contribution in [0.2, 0.25) is 0 Å². The molecule has 0 amide bonds. The summed E-state index contributed by atoms with van der Waals surface area (Å²) >= 11 is 1.23. The highest BCUT2D eigenvalue weighted by Crippen LogP contribution is 2.51. The molecule has 1 aromatic rings. The Kier molecular flexibility index (Phi) is 7.32. The molecule has 11 heteroatoms. The van der Waals surface area contributed by atoms with E-state index in [9.17, 15) is 29.1 Å². The third-order valence-corrected chi connectivity index (χ3v) is 5.98. The summed E-state index contributed by atoms with van der Waals surface area (Å²) in [7, 11) is 4.11. The summed E-state index contributed by atoms with van der Waals surface area (Å²) < 4.78 is 18.8. The average molecular weight is 442 g/mol. The number of esters is 4. The van der Waals surface area contributed by atoms with Crippen molar-refractivity contribution in [1.82, 2.24) is 0 Å². The zero-order chi connectivity index (χ0) is 22.6. The number of ether oxygens (including phenoxy) is 4. The monoisotopic (exact) mass is 442 g/mol. The van der Waals surface area contributed by atoms with Crippen molar-refractivity contribution < 1.29 is 48.0 Å². The molecule has 0 radical (unpaired) electrons. The van der Waals surface area contributed by atoms with Crippen LogP contribution >= 0.6 is 11.3 Å². The fourth-order valence-corrected chi connectivity index (χ4v) is 4.66. The Hall–Kier alpha value is -2.79. The molecule has 0 aliphatic heterocycles. The van der Waals surface area contributed by atoms with Crippen LogP contribution in [-0.2, 0) is 42.9 Å². The van der Waals surface area contributed by atoms with Gasteiger partial charge in [0.05, 0.1) is 40.8 Å². The Morgan fingerprint density at radius 2 is 1.60 bits per heavy atom. The van der Waals surface area contributed by atoms with Gasteiger partial charge in [0.2, 0.25) is 0 Å². The fourth-order valence-electron chi connectivity index (χ4n) is 3.96. The lowest BCUT2D eigenvalue weighted by Crippen LogP contribution is -2.65. The summed E-state index contributed by atoms with van der Waals surface area (Å²) in [6.07, 6.45) is -0.886. The summed E-state index contributed by atoms with van der Waals surface area (Å²) in [6, 6.07) is 1.56. The number of hydrogen-bond donors (Lipinski definition) is 1. The van der Waals surface area contributed by atoms with E-state index < -0.39 is 65.4 Å². The van der Waals surface area contributed by atoms with Crippen molar-refractivity contribution in [1.29, 1.82) is 0 Å². The van der Waals surface area contributed by atoms with Gasteiger partial charge in [-0.1, -0.05) is 0 Å². The van der Waals surface area contributed by atoms with E-state index in [0.29, 0.717) is 5.56 Å². The number of methoxy groups -OCH3 is 4. The molecule has 2 rings (SSSR count). The van der Waals surface area contributed by atoms with E-state index in [1.54, 1.807) is 16.8 Å². The summed E-state index contributed by atoms with van der Waals surface area (Å²) in [5.41, 5.74) is -2.20. The van der Waals surface area contributed by atoms with Gasteiger partial charge in [0.1, 0.15) is 17.4 Å². The topological polar surface area (TPSA) is 142 Å². The molecule has 1 fully saturated rings. The number of hydrogen-bond acceptors (Lipinski definition) is 11. The van der Waals surface area contributed by atoms with Gasteiger partial charge in [-0.2, -0.15) is 11.3 Å². The SMILES string of the molecule is COC(=O)CC1(O)C(C(=O)OC)C(=O)C(C(=O)OC)C(c2ccsc2)C1C(=O)OC. The Morgan fingerprint density at radius 3 is 2.07 bits per heavy atom. The molecule has 1 heterocycles. The van der Waals surface area contributed by atoms with E-state index in [1.165, 1.54) is 11.3 Å². The maximum Gasteiger partial charge on any atom is 0.319 e. The van der Waals surface area contributed by atoms with Gasteiger partial charge in [-0.15, -0.1) is 0 Å². The maximum absolute atomic E-state index is 13.3. The van der Waals surface area contributed by atoms with Crippen LogP contribution in [-0.4, -0.2) is 68.8 Å². The summed E-state index contributed by atoms with van der Waals surface area (Å²) in [5, 5.41) is 14.8. The minimum Gasteiger partial charge on any atom is -0.469 e. The third-order valence-electron chi connectivity index (χ3n) is 5.28. The highest BCUT2D eigenvalue weighted by Gasteiger charge is 2.67. The third kappa shape index (κ3) is 3.94. The molecule has 1 saturated carbocycles. The van der Waals surface area contributed by atoms with Gasteiger partial charge in [-0.05, 0) is 22.4 Å². The predicted molar refractivity (Wildman–Crippen MR) is 100 cm³/mol. The van der Waals surface area contributed by atoms with Crippen LogP contribution in [0.25, 0.3) is 0 Å². The van der Waals surface area contributed by atoms with Crippen molar-refractivity contribution in [2.24, 2.45) is 17.8 Å². The molecule has 0 aromatic carbocycles. The molecule has 10 nitrogen and oxygen atoms in total. The highest BCUT2D eigenvalue weighted by atomic mass is 32.1. The van der Waals surface area contributed by atoms with Crippen LogP contribution in [0.15, 0.2) is 16.8 Å². The van der Waals surface area contributed by atoms with Crippen molar-refractivity contribution >= 4 is 41.0 Å². The first-order valence-electron chi connectivity index (χ1n) is 8.76. The normalized spacial score (nSPS) is 28.4. The average Bonchev–Trinajstić information content (AvgIpc) is 3.26. The molecule has 0 saturated heterocycles. The number of rotatable bonds is 6. The Bertz CT molecular complexity index is 832. The second-order valence-electron chi connectivity index (χ2n) is 6.69. The minimum absolute atomic E-state index is 0.366. The highest BCUT2D eigenvalue weighted by molar-refractivity contribution is 7.08. The summed E-state index contributed by atoms with van der Waals surface area (Å²) in [5.74, 6) is -11.8. The minimum atomic E-state index is -2.57. The largest absolute Gasteiger partial charge is 0.469 e. The second-order valence-corrected chi connectivity index (χ2v) is 7.47. The van der Waals surface area contributed by atoms with Crippen LogP contribution in [0.1, 0.15) is 17.9 Å². The zero-order valence-corrected chi connectivity index (χ0v) is 17.6. The van der Waals surface area contributed by atoms with Crippen molar-refractivity contribution in [3.8, 4) is 0 Å². The summed E-state index contributed by atoms with van der Waals surface area (Å²) in [6.45, 7) is 0. The van der Waals surface area contributed by atoms with Crippen molar-refractivity contribution in [2.75, 3.05) is 28.4 Å². The molecule has 0 spiro atoms. The van der Waals surface area contributed by atoms with Gasteiger partial charge in [-0.3, -0.25) is 24.0 Å². The van der Waals surface area contributed by atoms with E-state index in [2.05, 4.69) is 9.47 Å². The Labute approximate surface area is 176 Å². The zero-order valence-electron chi connectivity index (χ0n) is 16.8. The molecular formula is C19H22O10S. The molecule has 30 heavy (non-hydrogen) atoms. The first-order chi connectivity index (χ1) is 14.2. The number of ketones is 1. The second kappa shape index (κ2) is 9.35. The van der Waals surface area contributed by atoms with Crippen LogP contribution in [0.4, 0.5) is 0 Å². The predicted octanol–water partition coefficient (Wildman–Crippen LogP) is 0.0762. The van der Waals surface area contributed by atoms with Crippen molar-refractivity contribution in [3.05, 3.63) is 22.4 Å². The van der Waals surface area contributed by atoms with Crippen LogP contribution in [0, 0.1) is 17.8 Å². The van der Waals surface area contributed by atoms with Gasteiger partial charge < -0.3 is 24.1 Å². The molecule has 5 unspecified atom stereocenters. The van der Waals surface area contributed by atoms with Gasteiger partial charge in [0.25, 0.3) is 0 Å². The van der Waals surface area contributed by atoms with Gasteiger partial charge in [-0.25, -0.2) is 0 Å². The Morgan fingerprint density at radius 1 is 1.00 bits per heavy atom. The van der Waals surface area contributed by atoms with Crippen LogP contribution in [0.3, 0.4) is 0 Å². The van der Waals surface area contributed by atoms with Crippen LogP contribution < -0.4 is 0 Å². The molecule has 5 atom stereocenters. The molecule has 1 aromatic heterocycles. The lowest BCUT2D eigenvalue weighted by molar-refractivity contribution is -0.192. The van der Waals surface area contributed by atoms with E-state index in [-0.39, 0.29) is 0 Å². The smallest absolute Gasteiger partial charge is 0.319 e. The summed E-state index contributed by atoms with van der Waals surface area (Å²) in [4.78, 5) is 63.3. The lowest BCUT2D eigenvalue weighted by Gasteiger charge is -2.47. The molecule has 1 aliphatic rings. The number of thiophene rings is 1. The number of Topliss-reactive ketones (excluding diaryl/α,β-unsaturated/α-hetero) is 1. The van der Waals surface area contributed by atoms with Crippen molar-refractivity contribution in [2.45, 2.75) is 17.9 Å². The molecule has 164 valence electrons. The molecular weight excluding hydrogens is 420 g/mol. The number of carbonyl (C=O) groups excluding carboxylic acids is 5. The first kappa shape index (κ1) is 23.5. The van der Waals surface area contributed by atoms with E-state index in [1.807, 2.05) is 0 Å². The van der Waals surface area contributed by atoms with Gasteiger partial charge in [0, 0.05) is 5.92 Å². The number of aliphatic hydroxyl groups is 1. The Balaban J connectivity index is 2.83. The molecule has 0 bridgehead atoms. The standard InChI is InChI=1S/C19H22O10S/c1-26-10(20)7-19(25)13(17(23)28-3)11(9-5-6-30-8-9)12(16(22)27-2)15(21)14(19)18(24)29-4/h5-6,8,11-14,25H,7H2,1-4H3. The fraction of sp³-hybridized carbons (Fsp3) is 0.526. The maximum atomic E-state index is 13.3. The van der Waals surface area contributed by atoms with E-state index >= 15 is 0 Å². The first-order valence-corrected chi connectivity index (χ1v) is 9.70. The lowest BCUT2D eigenvalue weighted by atomic mass is 9.56. The quantitative estimate of drug-likeness (QED) is 0.365. The van der Waals surface area contributed by atoms with Crippen molar-refractivity contribution in [3.63, 3.8) is 0 Å². The van der Waals surface area contributed by atoms with E-state index in [0.717, 1.165) is 28.4 Å². The van der Waals surface area contributed by atoms with Gasteiger partial charge >= 0.3 is 23.9 Å². The van der Waals surface area contributed by atoms with E-state index in [4.69, 9.17) is 9.47 Å². The molecule has 1 N–H and O–H groups in total. The van der Waals surface area contributed by atoms with Crippen LogP contribution in [0.5, 0.6) is 0 Å². The van der Waals surface area contributed by atoms with Gasteiger partial charge in [0.15, 0.2) is 5.78 Å². The number of carbonyl (C=O) groups is 5.